The minimum Gasteiger partial charge on any atom is -0.302 e. The molecule has 1 unspecified atom stereocenters. The number of rotatable bonds is 4. The van der Waals surface area contributed by atoms with Crippen LogP contribution >= 0.6 is 35.6 Å². The van der Waals surface area contributed by atoms with Crippen LogP contribution in [0.3, 0.4) is 0 Å². The van der Waals surface area contributed by atoms with E-state index < -0.39 is 0 Å². The summed E-state index contributed by atoms with van der Waals surface area (Å²) in [7, 11) is 4.17. The van der Waals surface area contributed by atoms with Gasteiger partial charge in [-0.2, -0.15) is 12.6 Å². The third-order valence-electron chi connectivity index (χ3n) is 1.95. The van der Waals surface area contributed by atoms with Gasteiger partial charge in [-0.25, -0.2) is 0 Å². The van der Waals surface area contributed by atoms with E-state index in [9.17, 15) is 0 Å². The molecule has 74 valence electrons. The summed E-state index contributed by atoms with van der Waals surface area (Å²) in [4.78, 5) is 3.53. The van der Waals surface area contributed by atoms with Crippen LogP contribution in [0.2, 0.25) is 4.34 Å². The van der Waals surface area contributed by atoms with Crippen LogP contribution in [0.1, 0.15) is 17.3 Å². The highest BCUT2D eigenvalue weighted by molar-refractivity contribution is 7.80. The first-order valence-corrected chi connectivity index (χ1v) is 6.00. The quantitative estimate of drug-likeness (QED) is 0.784. The van der Waals surface area contributed by atoms with Crippen LogP contribution in [0.15, 0.2) is 12.1 Å². The topological polar surface area (TPSA) is 3.24 Å². The van der Waals surface area contributed by atoms with Gasteiger partial charge in [0.15, 0.2) is 0 Å². The molecule has 0 aliphatic heterocycles. The summed E-state index contributed by atoms with van der Waals surface area (Å²) >= 11 is 11.8. The molecule has 1 aromatic heterocycles. The Labute approximate surface area is 94.1 Å². The maximum Gasteiger partial charge on any atom is 0.0931 e. The Kier molecular flexibility index (Phi) is 4.59. The molecule has 0 aliphatic rings. The number of nitrogens with zero attached hydrogens (tertiary/aromatic N) is 1. The van der Waals surface area contributed by atoms with Crippen LogP contribution in [0, 0.1) is 0 Å². The summed E-state index contributed by atoms with van der Waals surface area (Å²) in [6.45, 7) is 0. The van der Waals surface area contributed by atoms with Gasteiger partial charge in [0.2, 0.25) is 0 Å². The third-order valence-corrected chi connectivity index (χ3v) is 3.54. The highest BCUT2D eigenvalue weighted by Crippen LogP contribution is 2.31. The Hall–Kier alpha value is 0.300. The maximum atomic E-state index is 5.89. The zero-order chi connectivity index (χ0) is 9.84. The summed E-state index contributed by atoms with van der Waals surface area (Å²) in [6, 6.07) is 4.51. The van der Waals surface area contributed by atoms with Crippen molar-refractivity contribution in [3.05, 3.63) is 21.3 Å². The lowest BCUT2D eigenvalue weighted by molar-refractivity contribution is 0.298. The van der Waals surface area contributed by atoms with Crippen molar-refractivity contribution in [1.29, 1.82) is 0 Å². The molecule has 1 heterocycles. The van der Waals surface area contributed by atoms with Gasteiger partial charge in [-0.1, -0.05) is 11.6 Å². The van der Waals surface area contributed by atoms with E-state index in [1.165, 1.54) is 4.88 Å². The van der Waals surface area contributed by atoms with Gasteiger partial charge in [0.1, 0.15) is 0 Å². The van der Waals surface area contributed by atoms with Crippen molar-refractivity contribution in [3.8, 4) is 0 Å². The van der Waals surface area contributed by atoms with E-state index in [1.807, 2.05) is 6.07 Å². The molecule has 0 aliphatic carbocycles. The van der Waals surface area contributed by atoms with Gasteiger partial charge in [0.25, 0.3) is 0 Å². The smallest absolute Gasteiger partial charge is 0.0931 e. The number of thiol groups is 1. The number of halogens is 1. The Morgan fingerprint density at radius 2 is 2.23 bits per heavy atom. The van der Waals surface area contributed by atoms with Crippen molar-refractivity contribution in [1.82, 2.24) is 4.90 Å². The van der Waals surface area contributed by atoms with Gasteiger partial charge in [0.05, 0.1) is 4.34 Å². The molecule has 0 spiro atoms. The molecule has 4 heteroatoms. The first kappa shape index (κ1) is 11.4. The van der Waals surface area contributed by atoms with Crippen LogP contribution in [-0.4, -0.2) is 24.7 Å². The standard InChI is InChI=1S/C9H14ClNS2/c1-11(2)7(5-6-12)8-3-4-9(10)13-8/h3-4,7,12H,5-6H2,1-2H3. The van der Waals surface area contributed by atoms with E-state index in [0.29, 0.717) is 6.04 Å². The number of thiophene rings is 1. The van der Waals surface area contributed by atoms with E-state index in [2.05, 4.69) is 37.7 Å². The zero-order valence-corrected chi connectivity index (χ0v) is 10.3. The summed E-state index contributed by atoms with van der Waals surface area (Å²) < 4.78 is 0.862. The van der Waals surface area contributed by atoms with Gasteiger partial charge in [-0.3, -0.25) is 0 Å². The third kappa shape index (κ3) is 3.17. The predicted octanol–water partition coefficient (Wildman–Crippen LogP) is 3.32. The second kappa shape index (κ2) is 5.25. The minimum atomic E-state index is 0.454. The van der Waals surface area contributed by atoms with Crippen LogP contribution in [0.25, 0.3) is 0 Å². The fourth-order valence-electron chi connectivity index (χ4n) is 1.28. The molecule has 0 fully saturated rings. The molecule has 0 N–H and O–H groups in total. The van der Waals surface area contributed by atoms with Crippen molar-refractivity contribution in [2.75, 3.05) is 19.8 Å². The molecule has 1 aromatic rings. The highest BCUT2D eigenvalue weighted by Gasteiger charge is 2.14. The van der Waals surface area contributed by atoms with Gasteiger partial charge in [0, 0.05) is 10.9 Å². The maximum absolute atomic E-state index is 5.89. The zero-order valence-electron chi connectivity index (χ0n) is 7.83. The molecule has 1 rings (SSSR count). The summed E-state index contributed by atoms with van der Waals surface area (Å²) in [6.07, 6.45) is 1.06. The fraction of sp³-hybridized carbons (Fsp3) is 0.556. The molecule has 0 saturated heterocycles. The average Bonchev–Trinajstić information content (AvgIpc) is 2.46. The number of hydrogen-bond donors (Lipinski definition) is 1. The summed E-state index contributed by atoms with van der Waals surface area (Å²) in [5.41, 5.74) is 0. The van der Waals surface area contributed by atoms with Crippen LogP contribution in [-0.2, 0) is 0 Å². The second-order valence-corrected chi connectivity index (χ2v) is 5.33. The Morgan fingerprint density at radius 3 is 2.62 bits per heavy atom. The number of hydrogen-bond acceptors (Lipinski definition) is 3. The summed E-state index contributed by atoms with van der Waals surface area (Å²) in [5.74, 6) is 0.901. The molecule has 0 aromatic carbocycles. The van der Waals surface area contributed by atoms with Gasteiger partial charge >= 0.3 is 0 Å². The van der Waals surface area contributed by atoms with Crippen LogP contribution in [0.5, 0.6) is 0 Å². The Bertz CT molecular complexity index is 260. The lowest BCUT2D eigenvalue weighted by Crippen LogP contribution is -2.19. The first-order chi connectivity index (χ1) is 6.15. The molecular weight excluding hydrogens is 222 g/mol. The van der Waals surface area contributed by atoms with Crippen molar-refractivity contribution in [3.63, 3.8) is 0 Å². The van der Waals surface area contributed by atoms with Crippen LogP contribution < -0.4 is 0 Å². The monoisotopic (exact) mass is 235 g/mol. The minimum absolute atomic E-state index is 0.454. The van der Waals surface area contributed by atoms with Crippen molar-refractivity contribution >= 4 is 35.6 Å². The molecule has 13 heavy (non-hydrogen) atoms. The van der Waals surface area contributed by atoms with E-state index in [4.69, 9.17) is 11.6 Å². The van der Waals surface area contributed by atoms with Gasteiger partial charge in [-0.05, 0) is 38.4 Å². The second-order valence-electron chi connectivity index (χ2n) is 3.13. The molecule has 1 atom stereocenters. The molecular formula is C9H14ClNS2. The Morgan fingerprint density at radius 1 is 1.54 bits per heavy atom. The van der Waals surface area contributed by atoms with Crippen LogP contribution in [0.4, 0.5) is 0 Å². The summed E-state index contributed by atoms with van der Waals surface area (Å²) in [5, 5.41) is 0. The SMILES string of the molecule is CN(C)C(CCS)c1ccc(Cl)s1. The van der Waals surface area contributed by atoms with E-state index in [1.54, 1.807) is 11.3 Å². The highest BCUT2D eigenvalue weighted by atomic mass is 35.5. The van der Waals surface area contributed by atoms with E-state index in [0.717, 1.165) is 16.5 Å². The molecule has 1 nitrogen and oxygen atoms in total. The largest absolute Gasteiger partial charge is 0.302 e. The molecule has 0 saturated carbocycles. The van der Waals surface area contributed by atoms with Crippen molar-refractivity contribution in [2.45, 2.75) is 12.5 Å². The lowest BCUT2D eigenvalue weighted by Gasteiger charge is -2.22. The van der Waals surface area contributed by atoms with Crippen molar-refractivity contribution in [2.24, 2.45) is 0 Å². The average molecular weight is 236 g/mol. The normalized spacial score (nSPS) is 13.6. The van der Waals surface area contributed by atoms with E-state index in [-0.39, 0.29) is 0 Å². The van der Waals surface area contributed by atoms with Gasteiger partial charge < -0.3 is 4.90 Å². The molecule has 0 radical (unpaired) electrons. The fourth-order valence-corrected chi connectivity index (χ4v) is 2.82. The van der Waals surface area contributed by atoms with Gasteiger partial charge in [-0.15, -0.1) is 11.3 Å². The first-order valence-electron chi connectivity index (χ1n) is 4.17. The lowest BCUT2D eigenvalue weighted by atomic mass is 10.2. The van der Waals surface area contributed by atoms with E-state index >= 15 is 0 Å². The van der Waals surface area contributed by atoms with Crippen molar-refractivity contribution < 1.29 is 0 Å². The predicted molar refractivity (Wildman–Crippen MR) is 64.2 cm³/mol. The Balaban J connectivity index is 2.75. The molecule has 0 amide bonds. The molecule has 0 bridgehead atoms.